The summed E-state index contributed by atoms with van der Waals surface area (Å²) in [6, 6.07) is 13.7. The molecule has 0 amide bonds. The molecular formula is C20H23N3O2S. The minimum absolute atomic E-state index is 0.0357. The van der Waals surface area contributed by atoms with Crippen LogP contribution >= 0.6 is 0 Å². The molecule has 0 bridgehead atoms. The van der Waals surface area contributed by atoms with E-state index in [1.165, 1.54) is 15.4 Å². The third-order valence-electron chi connectivity index (χ3n) is 5.28. The highest BCUT2D eigenvalue weighted by atomic mass is 32.2. The molecule has 0 radical (unpaired) electrons. The van der Waals surface area contributed by atoms with Crippen LogP contribution in [0.15, 0.2) is 53.6 Å². The van der Waals surface area contributed by atoms with E-state index in [2.05, 4.69) is 31.1 Å². The van der Waals surface area contributed by atoms with Crippen LogP contribution in [0.5, 0.6) is 0 Å². The van der Waals surface area contributed by atoms with Gasteiger partial charge in [-0.05, 0) is 56.0 Å². The number of benzene rings is 2. The van der Waals surface area contributed by atoms with E-state index in [0.717, 1.165) is 23.7 Å². The molecule has 0 fully saturated rings. The molecule has 1 aromatic heterocycles. The molecule has 136 valence electrons. The van der Waals surface area contributed by atoms with Crippen LogP contribution in [0, 0.1) is 0 Å². The molecule has 0 N–H and O–H groups in total. The van der Waals surface area contributed by atoms with Gasteiger partial charge in [-0.15, -0.1) is 0 Å². The molecule has 1 aliphatic carbocycles. The Bertz CT molecular complexity index is 1040. The highest BCUT2D eigenvalue weighted by Gasteiger charge is 2.32. The molecule has 6 heteroatoms. The average Bonchev–Trinajstić information content (AvgIpc) is 3.24. The second-order valence-corrected chi connectivity index (χ2v) is 9.25. The molecule has 1 heterocycles. The Morgan fingerprint density at radius 2 is 1.77 bits per heavy atom. The van der Waals surface area contributed by atoms with Crippen molar-refractivity contribution in [3.8, 4) is 0 Å². The van der Waals surface area contributed by atoms with Crippen molar-refractivity contribution in [2.24, 2.45) is 0 Å². The number of nitrogens with zero attached hydrogens (tertiary/aromatic N) is 3. The standard InChI is InChI=1S/C20H23N3O2S/c1-14(2)23-20-9-8-19(12-17(20)13-21-23)26(24,25)22(3)18-10-15-6-4-5-7-16(15)11-18/h4-9,12-14,18H,10-11H2,1-3H3. The summed E-state index contributed by atoms with van der Waals surface area (Å²) in [6.07, 6.45) is 3.26. The molecule has 2 aromatic carbocycles. The SMILES string of the molecule is CC(C)n1ncc2cc(S(=O)(=O)N(C)C3Cc4ccccc4C3)ccc21. The molecule has 0 aliphatic heterocycles. The minimum atomic E-state index is -3.55. The molecule has 0 saturated carbocycles. The Hall–Kier alpha value is -2.18. The number of aromatic nitrogens is 2. The molecule has 0 saturated heterocycles. The summed E-state index contributed by atoms with van der Waals surface area (Å²) in [4.78, 5) is 0.326. The highest BCUT2D eigenvalue weighted by molar-refractivity contribution is 7.89. The van der Waals surface area contributed by atoms with Gasteiger partial charge in [0.05, 0.1) is 16.6 Å². The summed E-state index contributed by atoms with van der Waals surface area (Å²) in [5.74, 6) is 0. The van der Waals surface area contributed by atoms with Gasteiger partial charge in [-0.2, -0.15) is 9.40 Å². The Morgan fingerprint density at radius 3 is 2.38 bits per heavy atom. The smallest absolute Gasteiger partial charge is 0.243 e. The predicted octanol–water partition coefficient (Wildman–Crippen LogP) is 3.41. The van der Waals surface area contributed by atoms with Crippen LogP contribution in [-0.4, -0.2) is 35.6 Å². The zero-order valence-electron chi connectivity index (χ0n) is 15.3. The molecule has 4 rings (SSSR count). The van der Waals surface area contributed by atoms with Crippen LogP contribution in [0.4, 0.5) is 0 Å². The van der Waals surface area contributed by atoms with Gasteiger partial charge < -0.3 is 0 Å². The van der Waals surface area contributed by atoms with Gasteiger partial charge in [0.1, 0.15) is 0 Å². The summed E-state index contributed by atoms with van der Waals surface area (Å²) >= 11 is 0. The first-order chi connectivity index (χ1) is 12.4. The van der Waals surface area contributed by atoms with Crippen LogP contribution in [0.2, 0.25) is 0 Å². The lowest BCUT2D eigenvalue weighted by molar-refractivity contribution is 0.378. The number of sulfonamides is 1. The summed E-state index contributed by atoms with van der Waals surface area (Å²) in [6.45, 7) is 4.12. The number of likely N-dealkylation sites (N-methyl/N-ethyl adjacent to an activating group) is 1. The zero-order chi connectivity index (χ0) is 18.5. The second-order valence-electron chi connectivity index (χ2n) is 7.26. The van der Waals surface area contributed by atoms with Crippen molar-refractivity contribution in [1.29, 1.82) is 0 Å². The second kappa shape index (κ2) is 6.21. The molecule has 5 nitrogen and oxygen atoms in total. The minimum Gasteiger partial charge on any atom is -0.262 e. The summed E-state index contributed by atoms with van der Waals surface area (Å²) in [7, 11) is -1.86. The van der Waals surface area contributed by atoms with Crippen LogP contribution in [0.25, 0.3) is 10.9 Å². The normalized spacial score (nSPS) is 15.3. The third-order valence-corrected chi connectivity index (χ3v) is 7.18. The van der Waals surface area contributed by atoms with Crippen LogP contribution in [0.1, 0.15) is 31.0 Å². The van der Waals surface area contributed by atoms with Gasteiger partial charge in [-0.1, -0.05) is 24.3 Å². The fraction of sp³-hybridized carbons (Fsp3) is 0.350. The van der Waals surface area contributed by atoms with Crippen molar-refractivity contribution in [2.75, 3.05) is 7.05 Å². The van der Waals surface area contributed by atoms with E-state index in [1.54, 1.807) is 25.4 Å². The van der Waals surface area contributed by atoms with Crippen molar-refractivity contribution >= 4 is 20.9 Å². The van der Waals surface area contributed by atoms with Crippen molar-refractivity contribution < 1.29 is 8.42 Å². The first-order valence-corrected chi connectivity index (χ1v) is 10.3. The van der Waals surface area contributed by atoms with E-state index in [1.807, 2.05) is 22.9 Å². The first kappa shape index (κ1) is 17.2. The molecule has 0 atom stereocenters. The maximum Gasteiger partial charge on any atom is 0.243 e. The van der Waals surface area contributed by atoms with Gasteiger partial charge in [0, 0.05) is 24.5 Å². The van der Waals surface area contributed by atoms with E-state index in [0.29, 0.717) is 4.90 Å². The summed E-state index contributed by atoms with van der Waals surface area (Å²) < 4.78 is 29.7. The lowest BCUT2D eigenvalue weighted by Crippen LogP contribution is -2.37. The van der Waals surface area contributed by atoms with Crippen molar-refractivity contribution in [3.63, 3.8) is 0 Å². The Balaban J connectivity index is 1.65. The predicted molar refractivity (Wildman–Crippen MR) is 103 cm³/mol. The number of rotatable bonds is 4. The van der Waals surface area contributed by atoms with E-state index in [-0.39, 0.29) is 12.1 Å². The molecule has 0 unspecified atom stereocenters. The maximum atomic E-state index is 13.2. The monoisotopic (exact) mass is 369 g/mol. The van der Waals surface area contributed by atoms with E-state index in [9.17, 15) is 8.42 Å². The van der Waals surface area contributed by atoms with Gasteiger partial charge in [0.2, 0.25) is 10.0 Å². The molecule has 3 aromatic rings. The first-order valence-electron chi connectivity index (χ1n) is 8.90. The van der Waals surface area contributed by atoms with Crippen LogP contribution in [-0.2, 0) is 22.9 Å². The topological polar surface area (TPSA) is 55.2 Å². The van der Waals surface area contributed by atoms with E-state index >= 15 is 0 Å². The fourth-order valence-corrected chi connectivity index (χ4v) is 5.15. The summed E-state index contributed by atoms with van der Waals surface area (Å²) in [5, 5.41) is 5.23. The van der Waals surface area contributed by atoms with E-state index in [4.69, 9.17) is 0 Å². The molecule has 26 heavy (non-hydrogen) atoms. The average molecular weight is 369 g/mol. The zero-order valence-corrected chi connectivity index (χ0v) is 16.1. The van der Waals surface area contributed by atoms with E-state index < -0.39 is 10.0 Å². The van der Waals surface area contributed by atoms with Crippen molar-refractivity contribution in [2.45, 2.75) is 43.7 Å². The Morgan fingerprint density at radius 1 is 1.12 bits per heavy atom. The van der Waals surface area contributed by atoms with Gasteiger partial charge in [-0.3, -0.25) is 4.68 Å². The van der Waals surface area contributed by atoms with Gasteiger partial charge in [0.25, 0.3) is 0 Å². The fourth-order valence-electron chi connectivity index (χ4n) is 3.76. The van der Waals surface area contributed by atoms with Crippen molar-refractivity contribution in [1.82, 2.24) is 14.1 Å². The van der Waals surface area contributed by atoms with Crippen molar-refractivity contribution in [3.05, 3.63) is 59.8 Å². The summed E-state index contributed by atoms with van der Waals surface area (Å²) in [5.41, 5.74) is 3.44. The number of hydrogen-bond donors (Lipinski definition) is 0. The van der Waals surface area contributed by atoms with Gasteiger partial charge >= 0.3 is 0 Å². The van der Waals surface area contributed by atoms with Gasteiger partial charge in [0.15, 0.2) is 0 Å². The Kier molecular flexibility index (Phi) is 4.12. The van der Waals surface area contributed by atoms with Crippen LogP contribution in [0.3, 0.4) is 0 Å². The largest absolute Gasteiger partial charge is 0.262 e. The molecular weight excluding hydrogens is 346 g/mol. The number of hydrogen-bond acceptors (Lipinski definition) is 3. The lowest BCUT2D eigenvalue weighted by atomic mass is 10.1. The maximum absolute atomic E-state index is 13.2. The third kappa shape index (κ3) is 2.73. The lowest BCUT2D eigenvalue weighted by Gasteiger charge is -2.23. The Labute approximate surface area is 154 Å². The highest BCUT2D eigenvalue weighted by Crippen LogP contribution is 2.29. The van der Waals surface area contributed by atoms with Crippen LogP contribution < -0.4 is 0 Å². The van der Waals surface area contributed by atoms with Gasteiger partial charge in [-0.25, -0.2) is 8.42 Å². The molecule has 0 spiro atoms. The molecule has 1 aliphatic rings. The quantitative estimate of drug-likeness (QED) is 0.708. The number of fused-ring (bicyclic) bond motifs is 2.